The minimum atomic E-state index is -0.937. The molecule has 1 aliphatic carbocycles. The molecule has 2 saturated heterocycles. The molecule has 2 heterocycles. The molecule has 3 fully saturated rings. The summed E-state index contributed by atoms with van der Waals surface area (Å²) in [5.74, 6) is -0.169. The van der Waals surface area contributed by atoms with Crippen LogP contribution in [0.3, 0.4) is 0 Å². The number of ether oxygens (including phenoxy) is 1. The Morgan fingerprint density at radius 3 is 2.19 bits per heavy atom. The molecule has 1 saturated carbocycles. The average Bonchev–Trinajstić information content (AvgIpc) is 2.77. The Hall–Kier alpha value is -1.10. The number of likely N-dealkylation sites (N-methyl/N-ethyl adjacent to an activating group) is 1. The molecule has 1 amide bonds. The zero-order valence-electron chi connectivity index (χ0n) is 13.6. The fourth-order valence-corrected chi connectivity index (χ4v) is 4.24. The summed E-state index contributed by atoms with van der Waals surface area (Å²) in [6.45, 7) is 12.4. The Kier molecular flexibility index (Phi) is 3.14. The molecule has 118 valence electrons. The molecule has 0 aromatic heterocycles. The van der Waals surface area contributed by atoms with Crippen molar-refractivity contribution in [1.29, 1.82) is 0 Å². The number of nitrogens with zero attached hydrogens (tertiary/aromatic N) is 2. The van der Waals surface area contributed by atoms with Crippen molar-refractivity contribution in [3.05, 3.63) is 0 Å². The standard InChI is InChI=1S/C16H26N2O3/c1-5-17-8-10-18(11-9-17)12(19)16-7-6-15(4,13(20)21-16)14(16,2)3/h5-11H2,1-4H3/t15-,16+/m1/s1. The summed E-state index contributed by atoms with van der Waals surface area (Å²) in [6, 6.07) is 0. The first-order valence-corrected chi connectivity index (χ1v) is 8.04. The number of hydrogen-bond donors (Lipinski definition) is 0. The average molecular weight is 294 g/mol. The van der Waals surface area contributed by atoms with E-state index in [1.54, 1.807) is 0 Å². The second-order valence-electron chi connectivity index (χ2n) is 7.40. The van der Waals surface area contributed by atoms with Gasteiger partial charge in [-0.05, 0) is 26.3 Å². The number of hydrogen-bond acceptors (Lipinski definition) is 4. The van der Waals surface area contributed by atoms with Gasteiger partial charge in [-0.3, -0.25) is 9.59 Å². The van der Waals surface area contributed by atoms with E-state index in [9.17, 15) is 9.59 Å². The second-order valence-corrected chi connectivity index (χ2v) is 7.40. The SMILES string of the molecule is CCN1CCN(C(=O)[C@]23CC[C@](C)(C(=O)O2)C3(C)C)CC1. The van der Waals surface area contributed by atoms with Gasteiger partial charge in [0.05, 0.1) is 5.41 Å². The molecule has 0 aromatic carbocycles. The molecule has 0 aromatic rings. The number of fused-ring (bicyclic) bond motifs is 2. The molecule has 3 rings (SSSR count). The molecule has 3 aliphatic rings. The lowest BCUT2D eigenvalue weighted by Crippen LogP contribution is -2.59. The predicted octanol–water partition coefficient (Wildman–Crippen LogP) is 1.27. The van der Waals surface area contributed by atoms with Gasteiger partial charge < -0.3 is 14.5 Å². The first-order chi connectivity index (χ1) is 9.78. The molecule has 0 N–H and O–H groups in total. The van der Waals surface area contributed by atoms with Gasteiger partial charge in [0.1, 0.15) is 0 Å². The maximum atomic E-state index is 13.1. The van der Waals surface area contributed by atoms with Gasteiger partial charge in [0.25, 0.3) is 5.91 Å². The van der Waals surface area contributed by atoms with Gasteiger partial charge in [-0.2, -0.15) is 0 Å². The molecule has 5 heteroatoms. The zero-order chi connectivity index (χ0) is 15.5. The number of piperazine rings is 1. The fraction of sp³-hybridized carbons (Fsp3) is 0.875. The summed E-state index contributed by atoms with van der Waals surface area (Å²) in [5.41, 5.74) is -1.89. The Balaban J connectivity index is 1.84. The predicted molar refractivity (Wildman–Crippen MR) is 78.6 cm³/mol. The molecule has 2 aliphatic heterocycles. The monoisotopic (exact) mass is 294 g/mol. The van der Waals surface area contributed by atoms with Gasteiger partial charge in [0.2, 0.25) is 0 Å². The third-order valence-corrected chi connectivity index (χ3v) is 6.54. The maximum Gasteiger partial charge on any atom is 0.313 e. The van der Waals surface area contributed by atoms with Gasteiger partial charge in [0, 0.05) is 31.6 Å². The summed E-state index contributed by atoms with van der Waals surface area (Å²) in [4.78, 5) is 29.6. The van der Waals surface area contributed by atoms with Gasteiger partial charge >= 0.3 is 5.97 Å². The minimum Gasteiger partial charge on any atom is -0.448 e. The van der Waals surface area contributed by atoms with Crippen LogP contribution < -0.4 is 0 Å². The molecule has 5 nitrogen and oxygen atoms in total. The summed E-state index contributed by atoms with van der Waals surface area (Å²) in [6.07, 6.45) is 1.41. The van der Waals surface area contributed by atoms with Gasteiger partial charge in [0.15, 0.2) is 5.60 Å². The van der Waals surface area contributed by atoms with Crippen molar-refractivity contribution < 1.29 is 14.3 Å². The Morgan fingerprint density at radius 2 is 1.76 bits per heavy atom. The van der Waals surface area contributed by atoms with Crippen LogP contribution in [0.5, 0.6) is 0 Å². The van der Waals surface area contributed by atoms with Gasteiger partial charge in [-0.25, -0.2) is 0 Å². The topological polar surface area (TPSA) is 49.9 Å². The number of rotatable bonds is 2. The van der Waals surface area contributed by atoms with Crippen molar-refractivity contribution >= 4 is 11.9 Å². The highest BCUT2D eigenvalue weighted by molar-refractivity contribution is 5.96. The van der Waals surface area contributed by atoms with Crippen molar-refractivity contribution in [2.45, 2.75) is 46.1 Å². The van der Waals surface area contributed by atoms with Crippen molar-refractivity contribution in [2.24, 2.45) is 10.8 Å². The van der Waals surface area contributed by atoms with Crippen LogP contribution in [0.15, 0.2) is 0 Å². The molecule has 0 radical (unpaired) electrons. The largest absolute Gasteiger partial charge is 0.448 e. The van der Waals surface area contributed by atoms with E-state index >= 15 is 0 Å². The molecule has 21 heavy (non-hydrogen) atoms. The first-order valence-electron chi connectivity index (χ1n) is 8.04. The van der Waals surface area contributed by atoms with Gasteiger partial charge in [-0.15, -0.1) is 0 Å². The summed E-state index contributed by atoms with van der Waals surface area (Å²) in [5, 5.41) is 0. The van der Waals surface area contributed by atoms with Crippen LogP contribution in [0.2, 0.25) is 0 Å². The maximum absolute atomic E-state index is 13.1. The first kappa shape index (κ1) is 14.8. The van der Waals surface area contributed by atoms with E-state index in [-0.39, 0.29) is 11.9 Å². The smallest absolute Gasteiger partial charge is 0.313 e. The van der Waals surface area contributed by atoms with E-state index < -0.39 is 16.4 Å². The lowest BCUT2D eigenvalue weighted by atomic mass is 9.66. The van der Waals surface area contributed by atoms with Crippen LogP contribution in [0, 0.1) is 10.8 Å². The van der Waals surface area contributed by atoms with E-state index in [1.807, 2.05) is 25.7 Å². The fourth-order valence-electron chi connectivity index (χ4n) is 4.24. The van der Waals surface area contributed by atoms with Crippen molar-refractivity contribution in [3.8, 4) is 0 Å². The quantitative estimate of drug-likeness (QED) is 0.720. The molecule has 0 unspecified atom stereocenters. The van der Waals surface area contributed by atoms with Crippen LogP contribution >= 0.6 is 0 Å². The third kappa shape index (κ3) is 1.67. The Morgan fingerprint density at radius 1 is 1.14 bits per heavy atom. The van der Waals surface area contributed by atoms with E-state index in [0.29, 0.717) is 6.42 Å². The molecular weight excluding hydrogens is 268 g/mol. The van der Waals surface area contributed by atoms with E-state index in [2.05, 4.69) is 11.8 Å². The lowest BCUT2D eigenvalue weighted by Gasteiger charge is -2.42. The number of esters is 1. The Bertz CT molecular complexity index is 482. The number of carbonyl (C=O) groups excluding carboxylic acids is 2. The molecule has 2 bridgehead atoms. The van der Waals surface area contributed by atoms with Crippen molar-refractivity contribution in [3.63, 3.8) is 0 Å². The van der Waals surface area contributed by atoms with Crippen LogP contribution in [0.4, 0.5) is 0 Å². The lowest BCUT2D eigenvalue weighted by molar-refractivity contribution is -0.175. The van der Waals surface area contributed by atoms with Crippen molar-refractivity contribution in [1.82, 2.24) is 9.80 Å². The van der Waals surface area contributed by atoms with Gasteiger partial charge in [-0.1, -0.05) is 20.8 Å². The number of amides is 1. The van der Waals surface area contributed by atoms with Crippen LogP contribution in [0.25, 0.3) is 0 Å². The van der Waals surface area contributed by atoms with E-state index in [4.69, 9.17) is 4.74 Å². The summed E-state index contributed by atoms with van der Waals surface area (Å²) >= 11 is 0. The summed E-state index contributed by atoms with van der Waals surface area (Å²) in [7, 11) is 0. The highest BCUT2D eigenvalue weighted by Crippen LogP contribution is 2.65. The second kappa shape index (κ2) is 4.45. The Labute approximate surface area is 126 Å². The summed E-state index contributed by atoms with van der Waals surface area (Å²) < 4.78 is 5.69. The van der Waals surface area contributed by atoms with E-state index in [1.165, 1.54) is 0 Å². The molecule has 2 atom stereocenters. The van der Waals surface area contributed by atoms with E-state index in [0.717, 1.165) is 39.1 Å². The number of carbonyl (C=O) groups is 2. The van der Waals surface area contributed by atoms with Crippen LogP contribution in [0.1, 0.15) is 40.5 Å². The highest BCUT2D eigenvalue weighted by Gasteiger charge is 2.76. The zero-order valence-corrected chi connectivity index (χ0v) is 13.6. The minimum absolute atomic E-state index is 0.0258. The van der Waals surface area contributed by atoms with Crippen LogP contribution in [-0.4, -0.2) is 60.0 Å². The molecule has 0 spiro atoms. The van der Waals surface area contributed by atoms with Crippen LogP contribution in [-0.2, 0) is 14.3 Å². The normalized spacial score (nSPS) is 38.7. The van der Waals surface area contributed by atoms with Crippen molar-refractivity contribution in [2.75, 3.05) is 32.7 Å². The molecular formula is C16H26N2O3. The highest BCUT2D eigenvalue weighted by atomic mass is 16.6. The third-order valence-electron chi connectivity index (χ3n) is 6.54.